The van der Waals surface area contributed by atoms with Crippen molar-refractivity contribution in [3.63, 3.8) is 0 Å². The number of benzene rings is 1. The normalized spacial score (nSPS) is 15.1. The zero-order chi connectivity index (χ0) is 13.1. The molecule has 0 fully saturated rings. The Morgan fingerprint density at radius 1 is 1.18 bits per heavy atom. The second-order valence-electron chi connectivity index (χ2n) is 5.54. The molecule has 1 N–H and O–H groups in total. The summed E-state index contributed by atoms with van der Waals surface area (Å²) >= 11 is 3.49. The molecule has 1 aromatic rings. The van der Waals surface area contributed by atoms with E-state index in [4.69, 9.17) is 0 Å². The Hall–Kier alpha value is -0.830. The van der Waals surface area contributed by atoms with Gasteiger partial charge in [0.15, 0.2) is 0 Å². The molecule has 0 aliphatic carbocycles. The summed E-state index contributed by atoms with van der Waals surface area (Å²) in [5, 5.41) is 3.80. The first kappa shape index (κ1) is 14.2. The number of alkyl halides is 1. The molecule has 0 radical (unpaired) electrons. The Morgan fingerprint density at radius 3 is 2.12 bits per heavy atom. The summed E-state index contributed by atoms with van der Waals surface area (Å²) in [7, 11) is 0. The Balaban J connectivity index is 2.95. The van der Waals surface area contributed by atoms with Crippen molar-refractivity contribution < 1.29 is 4.79 Å². The first-order chi connectivity index (χ1) is 7.79. The highest BCUT2D eigenvalue weighted by Crippen LogP contribution is 2.25. The highest BCUT2D eigenvalue weighted by atomic mass is 79.9. The van der Waals surface area contributed by atoms with Gasteiger partial charge in [-0.15, -0.1) is 0 Å². The summed E-state index contributed by atoms with van der Waals surface area (Å²) in [5.74, 6) is 0.0586. The third kappa shape index (κ3) is 3.56. The minimum absolute atomic E-state index is 0.0586. The molecule has 0 heterocycles. The van der Waals surface area contributed by atoms with Crippen LogP contribution in [-0.4, -0.2) is 11.2 Å². The van der Waals surface area contributed by atoms with Gasteiger partial charge >= 0.3 is 0 Å². The van der Waals surface area contributed by atoms with Crippen molar-refractivity contribution in [3.8, 4) is 0 Å². The van der Waals surface area contributed by atoms with Crippen molar-refractivity contribution in [2.24, 2.45) is 5.41 Å². The first-order valence-electron chi connectivity index (χ1n) is 5.74. The van der Waals surface area contributed by atoms with Gasteiger partial charge in [0, 0.05) is 10.7 Å². The van der Waals surface area contributed by atoms with E-state index < -0.39 is 0 Å². The lowest BCUT2D eigenvalue weighted by atomic mass is 9.90. The Morgan fingerprint density at radius 2 is 1.71 bits per heavy atom. The standard InChI is InChI=1S/C14H20BrNO/c1-13(2,3)12(17)16-14(4,10-15)11-8-6-5-7-9-11/h5-9H,10H2,1-4H3,(H,16,17). The molecule has 0 spiro atoms. The van der Waals surface area contributed by atoms with Gasteiger partial charge in [-0.1, -0.05) is 67.0 Å². The maximum absolute atomic E-state index is 12.1. The van der Waals surface area contributed by atoms with Gasteiger partial charge in [0.25, 0.3) is 0 Å². The SMILES string of the molecule is CC(C)(C)C(=O)NC(C)(CBr)c1ccccc1. The van der Waals surface area contributed by atoms with Crippen molar-refractivity contribution in [2.75, 3.05) is 5.33 Å². The van der Waals surface area contributed by atoms with Crippen LogP contribution in [0.2, 0.25) is 0 Å². The highest BCUT2D eigenvalue weighted by Gasteiger charge is 2.31. The van der Waals surface area contributed by atoms with Crippen molar-refractivity contribution in [3.05, 3.63) is 35.9 Å². The van der Waals surface area contributed by atoms with Gasteiger partial charge in [-0.05, 0) is 12.5 Å². The van der Waals surface area contributed by atoms with Crippen molar-refractivity contribution in [2.45, 2.75) is 33.2 Å². The van der Waals surface area contributed by atoms with Gasteiger partial charge in [-0.25, -0.2) is 0 Å². The molecule has 3 heteroatoms. The third-order valence-corrected chi connectivity index (χ3v) is 3.87. The molecular formula is C14H20BrNO. The molecule has 0 bridgehead atoms. The van der Waals surface area contributed by atoms with Crippen molar-refractivity contribution in [1.29, 1.82) is 0 Å². The second kappa shape index (κ2) is 5.21. The Labute approximate surface area is 112 Å². The molecule has 1 aromatic carbocycles. The van der Waals surface area contributed by atoms with Crippen molar-refractivity contribution in [1.82, 2.24) is 5.32 Å². The number of carbonyl (C=O) groups excluding carboxylic acids is 1. The number of rotatable bonds is 3. The Kier molecular flexibility index (Phi) is 4.36. The summed E-state index contributed by atoms with van der Waals surface area (Å²) in [5.41, 5.74) is 0.360. The molecule has 0 aromatic heterocycles. The number of hydrogen-bond acceptors (Lipinski definition) is 1. The van der Waals surface area contributed by atoms with E-state index in [-0.39, 0.29) is 16.9 Å². The van der Waals surface area contributed by atoms with E-state index >= 15 is 0 Å². The Bertz CT molecular complexity index is 383. The molecule has 1 atom stereocenters. The molecule has 1 unspecified atom stereocenters. The minimum atomic E-state index is -0.377. The van der Waals surface area contributed by atoms with Gasteiger partial charge in [-0.2, -0.15) is 0 Å². The smallest absolute Gasteiger partial charge is 0.226 e. The predicted octanol–water partition coefficient (Wildman–Crippen LogP) is 3.46. The maximum atomic E-state index is 12.1. The topological polar surface area (TPSA) is 29.1 Å². The molecule has 1 rings (SSSR count). The first-order valence-corrected chi connectivity index (χ1v) is 6.86. The van der Waals surface area contributed by atoms with Crippen LogP contribution in [0.4, 0.5) is 0 Å². The number of halogens is 1. The molecule has 1 amide bonds. The molecule has 0 saturated carbocycles. The van der Waals surface area contributed by atoms with Crippen LogP contribution in [0.1, 0.15) is 33.3 Å². The minimum Gasteiger partial charge on any atom is -0.346 e. The zero-order valence-electron chi connectivity index (χ0n) is 10.9. The number of amides is 1. The van der Waals surface area contributed by atoms with E-state index in [0.717, 1.165) is 5.56 Å². The van der Waals surface area contributed by atoms with Crippen LogP contribution in [0, 0.1) is 5.41 Å². The fourth-order valence-electron chi connectivity index (χ4n) is 1.43. The second-order valence-corrected chi connectivity index (χ2v) is 6.10. The predicted molar refractivity (Wildman–Crippen MR) is 75.2 cm³/mol. The summed E-state index contributed by atoms with van der Waals surface area (Å²) in [6, 6.07) is 10.0. The summed E-state index contributed by atoms with van der Waals surface area (Å²) in [4.78, 5) is 12.1. The van der Waals surface area contributed by atoms with Crippen LogP contribution in [0.25, 0.3) is 0 Å². The van der Waals surface area contributed by atoms with Crippen LogP contribution >= 0.6 is 15.9 Å². The molecule has 2 nitrogen and oxygen atoms in total. The van der Waals surface area contributed by atoms with Gasteiger partial charge in [0.1, 0.15) is 0 Å². The lowest BCUT2D eigenvalue weighted by Crippen LogP contribution is -2.49. The van der Waals surface area contributed by atoms with E-state index in [1.165, 1.54) is 0 Å². The highest BCUT2D eigenvalue weighted by molar-refractivity contribution is 9.09. The average Bonchev–Trinajstić information content (AvgIpc) is 2.28. The lowest BCUT2D eigenvalue weighted by Gasteiger charge is -2.32. The van der Waals surface area contributed by atoms with E-state index in [0.29, 0.717) is 5.33 Å². The zero-order valence-corrected chi connectivity index (χ0v) is 12.5. The van der Waals surface area contributed by atoms with Crippen LogP contribution < -0.4 is 5.32 Å². The summed E-state index contributed by atoms with van der Waals surface area (Å²) in [6.45, 7) is 7.78. The monoisotopic (exact) mass is 297 g/mol. The van der Waals surface area contributed by atoms with E-state index in [1.54, 1.807) is 0 Å². The fourth-order valence-corrected chi connectivity index (χ4v) is 1.89. The van der Waals surface area contributed by atoms with Crippen LogP contribution in [0.5, 0.6) is 0 Å². The number of hydrogen-bond donors (Lipinski definition) is 1. The van der Waals surface area contributed by atoms with E-state index in [1.807, 2.05) is 58.0 Å². The van der Waals surface area contributed by atoms with E-state index in [9.17, 15) is 4.79 Å². The van der Waals surface area contributed by atoms with Crippen LogP contribution in [0.15, 0.2) is 30.3 Å². The van der Waals surface area contributed by atoms with Gasteiger partial charge in [0.05, 0.1) is 5.54 Å². The molecular weight excluding hydrogens is 278 g/mol. The average molecular weight is 298 g/mol. The van der Waals surface area contributed by atoms with Gasteiger partial charge < -0.3 is 5.32 Å². The molecule has 94 valence electrons. The molecule has 0 aliphatic rings. The number of carbonyl (C=O) groups is 1. The third-order valence-electron chi connectivity index (χ3n) is 2.75. The van der Waals surface area contributed by atoms with Gasteiger partial charge in [0.2, 0.25) is 5.91 Å². The molecule has 0 saturated heterocycles. The van der Waals surface area contributed by atoms with Gasteiger partial charge in [-0.3, -0.25) is 4.79 Å². The molecule has 17 heavy (non-hydrogen) atoms. The van der Waals surface area contributed by atoms with Crippen LogP contribution in [0.3, 0.4) is 0 Å². The largest absolute Gasteiger partial charge is 0.346 e. The lowest BCUT2D eigenvalue weighted by molar-refractivity contribution is -0.130. The summed E-state index contributed by atoms with van der Waals surface area (Å²) < 4.78 is 0. The fraction of sp³-hybridized carbons (Fsp3) is 0.500. The maximum Gasteiger partial charge on any atom is 0.226 e. The molecule has 0 aliphatic heterocycles. The number of nitrogens with one attached hydrogen (secondary N) is 1. The quantitative estimate of drug-likeness (QED) is 0.851. The summed E-state index contributed by atoms with van der Waals surface area (Å²) in [6.07, 6.45) is 0. The van der Waals surface area contributed by atoms with E-state index in [2.05, 4.69) is 21.2 Å². The van der Waals surface area contributed by atoms with Crippen LogP contribution in [-0.2, 0) is 10.3 Å². The van der Waals surface area contributed by atoms with Crippen molar-refractivity contribution >= 4 is 21.8 Å².